The zero-order valence-corrected chi connectivity index (χ0v) is 12.7. The molecule has 0 amide bonds. The number of hydrogen-bond donors (Lipinski definition) is 1. The summed E-state index contributed by atoms with van der Waals surface area (Å²) in [6.07, 6.45) is 0. The predicted molar refractivity (Wildman–Crippen MR) is 76.0 cm³/mol. The number of benzene rings is 1. The molecule has 0 aliphatic heterocycles. The number of carbonyl (C=O) groups excluding carboxylic acids is 2. The average Bonchev–Trinajstić information content (AvgIpc) is 2.93. The van der Waals surface area contributed by atoms with Crippen LogP contribution in [0.1, 0.15) is 32.2 Å². The van der Waals surface area contributed by atoms with Crippen molar-refractivity contribution in [3.05, 3.63) is 52.4 Å². The maximum Gasteiger partial charge on any atom is 0.360 e. The van der Waals surface area contributed by atoms with E-state index in [1.807, 2.05) is 0 Å². The molecule has 0 atom stereocenters. The number of esters is 2. The van der Waals surface area contributed by atoms with Gasteiger partial charge in [0, 0.05) is 0 Å². The fourth-order valence-corrected chi connectivity index (χ4v) is 1.94. The minimum absolute atomic E-state index is 0.0105. The number of nitrogens with one attached hydrogen (secondary N) is 1. The van der Waals surface area contributed by atoms with E-state index in [4.69, 9.17) is 14.7 Å². The monoisotopic (exact) mass is 338 g/mol. The Labute approximate surface area is 134 Å². The van der Waals surface area contributed by atoms with Crippen molar-refractivity contribution in [3.63, 3.8) is 0 Å². The van der Waals surface area contributed by atoms with Gasteiger partial charge in [-0.25, -0.2) is 18.4 Å². The van der Waals surface area contributed by atoms with Gasteiger partial charge in [-0.2, -0.15) is 0 Å². The molecule has 2 rings (SSSR count). The molecule has 0 fully saturated rings. The Bertz CT molecular complexity index is 796. The van der Waals surface area contributed by atoms with Crippen LogP contribution in [0, 0.1) is 24.0 Å². The SMILES string of the molecule is COC(=O)c1noc(C)c1C(=N)COC(=O)c1c(F)cccc1F. The average molecular weight is 338 g/mol. The molecule has 0 saturated heterocycles. The highest BCUT2D eigenvalue weighted by atomic mass is 19.1. The molecule has 0 radical (unpaired) electrons. The summed E-state index contributed by atoms with van der Waals surface area (Å²) < 4.78 is 41.0. The summed E-state index contributed by atoms with van der Waals surface area (Å²) in [5.74, 6) is -4.14. The second-order valence-corrected chi connectivity index (χ2v) is 4.61. The van der Waals surface area contributed by atoms with Crippen LogP contribution in [-0.4, -0.2) is 36.5 Å². The van der Waals surface area contributed by atoms with E-state index in [-0.39, 0.29) is 22.7 Å². The molecule has 0 aliphatic carbocycles. The lowest BCUT2D eigenvalue weighted by atomic mass is 10.1. The van der Waals surface area contributed by atoms with E-state index in [2.05, 4.69) is 9.89 Å². The summed E-state index contributed by atoms with van der Waals surface area (Å²) in [7, 11) is 1.13. The number of methoxy groups -OCH3 is 1. The molecule has 2 aromatic rings. The first-order valence-corrected chi connectivity index (χ1v) is 6.60. The van der Waals surface area contributed by atoms with Crippen LogP contribution in [0.5, 0.6) is 0 Å². The Morgan fingerprint density at radius 3 is 2.42 bits per heavy atom. The lowest BCUT2D eigenvalue weighted by Crippen LogP contribution is -2.19. The summed E-state index contributed by atoms with van der Waals surface area (Å²) in [5, 5.41) is 11.4. The molecular weight excluding hydrogens is 326 g/mol. The van der Waals surface area contributed by atoms with Gasteiger partial charge >= 0.3 is 11.9 Å². The van der Waals surface area contributed by atoms with E-state index in [0.29, 0.717) is 0 Å². The van der Waals surface area contributed by atoms with Crippen LogP contribution >= 0.6 is 0 Å². The van der Waals surface area contributed by atoms with E-state index in [1.54, 1.807) is 0 Å². The molecule has 0 aliphatic rings. The molecule has 1 aromatic carbocycles. The molecule has 7 nitrogen and oxygen atoms in total. The van der Waals surface area contributed by atoms with E-state index in [0.717, 1.165) is 25.3 Å². The van der Waals surface area contributed by atoms with Crippen LogP contribution < -0.4 is 0 Å². The van der Waals surface area contributed by atoms with Gasteiger partial charge in [0.15, 0.2) is 0 Å². The van der Waals surface area contributed by atoms with Crippen LogP contribution in [0.2, 0.25) is 0 Å². The number of nitrogens with zero attached hydrogens (tertiary/aromatic N) is 1. The van der Waals surface area contributed by atoms with Gasteiger partial charge in [-0.05, 0) is 19.1 Å². The van der Waals surface area contributed by atoms with E-state index >= 15 is 0 Å². The Kier molecular flexibility index (Phi) is 5.02. The van der Waals surface area contributed by atoms with Gasteiger partial charge in [0.25, 0.3) is 0 Å². The molecule has 0 unspecified atom stereocenters. The molecule has 24 heavy (non-hydrogen) atoms. The van der Waals surface area contributed by atoms with Crippen LogP contribution in [0.3, 0.4) is 0 Å². The minimum atomic E-state index is -1.27. The molecule has 0 bridgehead atoms. The van der Waals surface area contributed by atoms with Crippen LogP contribution in [-0.2, 0) is 9.47 Å². The zero-order chi connectivity index (χ0) is 17.9. The predicted octanol–water partition coefficient (Wildman–Crippen LogP) is 2.27. The van der Waals surface area contributed by atoms with Crippen molar-refractivity contribution < 1.29 is 32.4 Å². The number of halogens is 2. The fraction of sp³-hybridized carbons (Fsp3) is 0.200. The maximum atomic E-state index is 13.5. The topological polar surface area (TPSA) is 102 Å². The second kappa shape index (κ2) is 6.99. The second-order valence-electron chi connectivity index (χ2n) is 4.61. The molecule has 0 saturated carbocycles. The highest BCUT2D eigenvalue weighted by molar-refractivity contribution is 6.08. The summed E-state index contributed by atoms with van der Waals surface area (Å²) in [4.78, 5) is 23.3. The first-order valence-electron chi connectivity index (χ1n) is 6.60. The van der Waals surface area contributed by atoms with Gasteiger partial charge in [0.1, 0.15) is 29.6 Å². The fourth-order valence-electron chi connectivity index (χ4n) is 1.94. The van der Waals surface area contributed by atoms with Crippen molar-refractivity contribution in [1.29, 1.82) is 5.41 Å². The van der Waals surface area contributed by atoms with Gasteiger partial charge in [-0.3, -0.25) is 0 Å². The summed E-state index contributed by atoms with van der Waals surface area (Å²) in [6, 6.07) is 2.92. The third kappa shape index (κ3) is 3.29. The molecule has 1 N–H and O–H groups in total. The first-order chi connectivity index (χ1) is 11.4. The Morgan fingerprint density at radius 2 is 1.83 bits per heavy atom. The van der Waals surface area contributed by atoms with Crippen molar-refractivity contribution in [1.82, 2.24) is 5.16 Å². The first kappa shape index (κ1) is 17.3. The van der Waals surface area contributed by atoms with E-state index < -0.39 is 35.7 Å². The number of carbonyl (C=O) groups is 2. The highest BCUT2D eigenvalue weighted by Gasteiger charge is 2.25. The van der Waals surface area contributed by atoms with Crippen LogP contribution in [0.25, 0.3) is 0 Å². The summed E-state index contributed by atoms with van der Waals surface area (Å²) in [5.41, 5.74) is -1.46. The highest BCUT2D eigenvalue weighted by Crippen LogP contribution is 2.17. The summed E-state index contributed by atoms with van der Waals surface area (Å²) >= 11 is 0. The number of hydrogen-bond acceptors (Lipinski definition) is 7. The van der Waals surface area contributed by atoms with Crippen molar-refractivity contribution in [2.24, 2.45) is 0 Å². The van der Waals surface area contributed by atoms with Crippen molar-refractivity contribution in [2.75, 3.05) is 13.7 Å². The van der Waals surface area contributed by atoms with Gasteiger partial charge in [0.2, 0.25) is 5.69 Å². The largest absolute Gasteiger partial charge is 0.464 e. The maximum absolute atomic E-state index is 13.5. The van der Waals surface area contributed by atoms with Crippen molar-refractivity contribution >= 4 is 17.7 Å². The lowest BCUT2D eigenvalue weighted by molar-refractivity contribution is 0.0551. The number of aryl methyl sites for hydroxylation is 1. The van der Waals surface area contributed by atoms with Crippen molar-refractivity contribution in [2.45, 2.75) is 6.92 Å². The van der Waals surface area contributed by atoms with Gasteiger partial charge in [-0.1, -0.05) is 11.2 Å². The minimum Gasteiger partial charge on any atom is -0.464 e. The van der Waals surface area contributed by atoms with Gasteiger partial charge in [-0.15, -0.1) is 0 Å². The normalized spacial score (nSPS) is 10.3. The smallest absolute Gasteiger partial charge is 0.360 e. The zero-order valence-electron chi connectivity index (χ0n) is 12.7. The molecule has 1 aromatic heterocycles. The third-order valence-electron chi connectivity index (χ3n) is 3.06. The standard InChI is InChI=1S/C15H12F2N2O5/c1-7-11(13(19-24-7)15(21)22-2)10(18)6-23-14(20)12-8(16)4-3-5-9(12)17/h3-5,18H,6H2,1-2H3. The quantitative estimate of drug-likeness (QED) is 0.663. The molecule has 9 heteroatoms. The van der Waals surface area contributed by atoms with Crippen LogP contribution in [0.4, 0.5) is 8.78 Å². The van der Waals surface area contributed by atoms with Gasteiger partial charge in [0.05, 0.1) is 18.4 Å². The Hall–Kier alpha value is -3.10. The Morgan fingerprint density at radius 1 is 1.21 bits per heavy atom. The Balaban J connectivity index is 2.16. The van der Waals surface area contributed by atoms with E-state index in [1.165, 1.54) is 6.92 Å². The molecule has 0 spiro atoms. The van der Waals surface area contributed by atoms with Crippen LogP contribution in [0.15, 0.2) is 22.7 Å². The molecule has 1 heterocycles. The number of ether oxygens (including phenoxy) is 2. The number of rotatable bonds is 5. The molecule has 126 valence electrons. The molecular formula is C15H12F2N2O5. The third-order valence-corrected chi connectivity index (χ3v) is 3.06. The van der Waals surface area contributed by atoms with Gasteiger partial charge < -0.3 is 19.4 Å². The lowest BCUT2D eigenvalue weighted by Gasteiger charge is -2.07. The number of aromatic nitrogens is 1. The van der Waals surface area contributed by atoms with Crippen molar-refractivity contribution in [3.8, 4) is 0 Å². The summed E-state index contributed by atoms with van der Waals surface area (Å²) in [6.45, 7) is 0.806. The van der Waals surface area contributed by atoms with E-state index in [9.17, 15) is 18.4 Å².